The van der Waals surface area contributed by atoms with Crippen molar-refractivity contribution < 1.29 is 9.57 Å². The summed E-state index contributed by atoms with van der Waals surface area (Å²) in [5, 5.41) is 2.98. The zero-order valence-corrected chi connectivity index (χ0v) is 10.4. The van der Waals surface area contributed by atoms with Crippen molar-refractivity contribution in [3.8, 4) is 0 Å². The van der Waals surface area contributed by atoms with Crippen LogP contribution in [0, 0.1) is 6.92 Å². The standard InChI is InChI=1S/C10H14N6O3/c1-6-4-16(10(17)13-9(6)11)8-3-2-7(19-8)5-18-15-14-12/h4,7-8H,2-3,5H2,1H3,(H2,11,13,17)/t7-,8+/m0/s1. The molecule has 2 rings (SSSR count). The third kappa shape index (κ3) is 2.95. The van der Waals surface area contributed by atoms with Gasteiger partial charge in [-0.1, -0.05) is 0 Å². The normalized spacial score (nSPS) is 21.9. The summed E-state index contributed by atoms with van der Waals surface area (Å²) >= 11 is 0. The van der Waals surface area contributed by atoms with E-state index < -0.39 is 5.69 Å². The predicted octanol–water partition coefficient (Wildman–Crippen LogP) is 1.05. The van der Waals surface area contributed by atoms with Gasteiger partial charge < -0.3 is 15.3 Å². The molecule has 2 N–H and O–H groups in total. The second-order valence-corrected chi connectivity index (χ2v) is 4.26. The minimum Gasteiger partial charge on any atom is -0.431 e. The maximum atomic E-state index is 11.7. The Hall–Kier alpha value is -2.25. The molecule has 2 atom stereocenters. The lowest BCUT2D eigenvalue weighted by molar-refractivity contribution is -0.0430. The molecule has 9 nitrogen and oxygen atoms in total. The monoisotopic (exact) mass is 266 g/mol. The second-order valence-electron chi connectivity index (χ2n) is 4.26. The first kappa shape index (κ1) is 13.2. The van der Waals surface area contributed by atoms with E-state index in [4.69, 9.17) is 16.0 Å². The minimum atomic E-state index is -0.440. The largest absolute Gasteiger partial charge is 0.431 e. The number of ether oxygens (including phenoxy) is 1. The van der Waals surface area contributed by atoms with Crippen molar-refractivity contribution >= 4 is 5.82 Å². The van der Waals surface area contributed by atoms with E-state index in [9.17, 15) is 4.79 Å². The van der Waals surface area contributed by atoms with Crippen LogP contribution in [0.5, 0.6) is 0 Å². The number of nitrogens with zero attached hydrogens (tertiary/aromatic N) is 5. The van der Waals surface area contributed by atoms with Crippen molar-refractivity contribution in [3.63, 3.8) is 0 Å². The summed E-state index contributed by atoms with van der Waals surface area (Å²) in [6.45, 7) is 1.94. The Labute approximate surface area is 108 Å². The number of nitrogens with two attached hydrogens (primary N) is 1. The predicted molar refractivity (Wildman–Crippen MR) is 65.9 cm³/mol. The average molecular weight is 266 g/mol. The van der Waals surface area contributed by atoms with E-state index in [1.54, 1.807) is 13.1 Å². The van der Waals surface area contributed by atoms with Crippen LogP contribution in [0.2, 0.25) is 0 Å². The highest BCUT2D eigenvalue weighted by Gasteiger charge is 2.28. The first-order valence-electron chi connectivity index (χ1n) is 5.79. The lowest BCUT2D eigenvalue weighted by Crippen LogP contribution is -2.28. The molecule has 0 aromatic carbocycles. The van der Waals surface area contributed by atoms with Gasteiger partial charge in [-0.05, 0) is 25.3 Å². The minimum absolute atomic E-state index is 0.163. The molecule has 0 bridgehead atoms. The van der Waals surface area contributed by atoms with Crippen molar-refractivity contribution in [2.75, 3.05) is 12.3 Å². The number of nitrogen functional groups attached to an aromatic ring is 1. The molecule has 1 saturated heterocycles. The lowest BCUT2D eigenvalue weighted by atomic mass is 10.2. The van der Waals surface area contributed by atoms with Gasteiger partial charge in [-0.3, -0.25) is 4.57 Å². The first-order valence-corrected chi connectivity index (χ1v) is 5.79. The van der Waals surface area contributed by atoms with Crippen molar-refractivity contribution in [1.29, 1.82) is 0 Å². The highest BCUT2D eigenvalue weighted by molar-refractivity contribution is 5.35. The second kappa shape index (κ2) is 5.59. The number of rotatable bonds is 4. The van der Waals surface area contributed by atoms with Gasteiger partial charge in [0.05, 0.1) is 6.10 Å². The van der Waals surface area contributed by atoms with E-state index in [1.807, 2.05) is 0 Å². The quantitative estimate of drug-likeness (QED) is 0.377. The summed E-state index contributed by atoms with van der Waals surface area (Å²) in [6.07, 6.45) is 2.40. The molecule has 1 fully saturated rings. The number of aryl methyl sites for hydroxylation is 1. The smallest absolute Gasteiger partial charge is 0.351 e. The number of hydrogen-bond donors (Lipinski definition) is 1. The summed E-state index contributed by atoms with van der Waals surface area (Å²) in [7, 11) is 0. The fraction of sp³-hybridized carbons (Fsp3) is 0.600. The van der Waals surface area contributed by atoms with Crippen LogP contribution in [0.15, 0.2) is 16.3 Å². The highest BCUT2D eigenvalue weighted by atomic mass is 16.7. The number of azide groups is 1. The van der Waals surface area contributed by atoms with Crippen LogP contribution < -0.4 is 11.4 Å². The van der Waals surface area contributed by atoms with Crippen LogP contribution >= 0.6 is 0 Å². The Balaban J connectivity index is 2.06. The SMILES string of the molecule is Cc1cn([C@H]2CC[C@@H](CON=[N+]=[N-])O2)c(=O)nc1N. The zero-order valence-electron chi connectivity index (χ0n) is 10.4. The van der Waals surface area contributed by atoms with Crippen molar-refractivity contribution in [3.05, 3.63) is 32.7 Å². The van der Waals surface area contributed by atoms with E-state index in [-0.39, 0.29) is 24.8 Å². The molecule has 1 aliphatic heterocycles. The Morgan fingerprint density at radius 2 is 2.53 bits per heavy atom. The van der Waals surface area contributed by atoms with Gasteiger partial charge in [0.2, 0.25) is 0 Å². The van der Waals surface area contributed by atoms with Crippen molar-refractivity contribution in [2.45, 2.75) is 32.1 Å². The van der Waals surface area contributed by atoms with Crippen LogP contribution in [0.1, 0.15) is 24.6 Å². The zero-order chi connectivity index (χ0) is 13.8. The van der Waals surface area contributed by atoms with Gasteiger partial charge in [0.1, 0.15) is 23.9 Å². The molecule has 19 heavy (non-hydrogen) atoms. The van der Waals surface area contributed by atoms with Gasteiger partial charge in [0, 0.05) is 16.7 Å². The van der Waals surface area contributed by atoms with Crippen molar-refractivity contribution in [1.82, 2.24) is 9.55 Å². The van der Waals surface area contributed by atoms with E-state index >= 15 is 0 Å². The van der Waals surface area contributed by atoms with Gasteiger partial charge in [-0.2, -0.15) is 4.98 Å². The van der Waals surface area contributed by atoms with Crippen molar-refractivity contribution in [2.24, 2.45) is 5.28 Å². The maximum Gasteiger partial charge on any atom is 0.351 e. The third-order valence-electron chi connectivity index (χ3n) is 2.92. The van der Waals surface area contributed by atoms with Gasteiger partial charge in [0.25, 0.3) is 0 Å². The molecule has 1 aromatic heterocycles. The molecular weight excluding hydrogens is 252 g/mol. The fourth-order valence-corrected chi connectivity index (χ4v) is 1.94. The molecule has 1 aromatic rings. The van der Waals surface area contributed by atoms with E-state index in [2.05, 4.69) is 20.0 Å². The van der Waals surface area contributed by atoms with E-state index in [1.165, 1.54) is 4.57 Å². The molecular formula is C10H14N6O3. The molecule has 0 aliphatic carbocycles. The summed E-state index contributed by atoms with van der Waals surface area (Å²) in [6, 6.07) is 0. The summed E-state index contributed by atoms with van der Waals surface area (Å²) < 4.78 is 7.06. The van der Waals surface area contributed by atoms with Crippen LogP contribution in [-0.4, -0.2) is 22.3 Å². The molecule has 0 amide bonds. The molecule has 0 unspecified atom stereocenters. The van der Waals surface area contributed by atoms with E-state index in [0.717, 1.165) is 5.56 Å². The van der Waals surface area contributed by atoms with Crippen LogP contribution in [-0.2, 0) is 9.57 Å². The molecule has 102 valence electrons. The summed E-state index contributed by atoms with van der Waals surface area (Å²) in [4.78, 5) is 22.6. The Morgan fingerprint density at radius 1 is 1.74 bits per heavy atom. The number of aromatic nitrogens is 2. The number of anilines is 1. The molecule has 0 spiro atoms. The molecule has 1 aliphatic rings. The number of hydrogen-bond acceptors (Lipinski definition) is 6. The fourth-order valence-electron chi connectivity index (χ4n) is 1.94. The van der Waals surface area contributed by atoms with Crippen LogP contribution in [0.3, 0.4) is 0 Å². The van der Waals surface area contributed by atoms with Gasteiger partial charge in [-0.25, -0.2) is 4.79 Å². The molecule has 2 heterocycles. The topological polar surface area (TPSA) is 128 Å². The van der Waals surface area contributed by atoms with Crippen LogP contribution in [0.25, 0.3) is 10.4 Å². The molecule has 0 radical (unpaired) electrons. The molecule has 9 heteroatoms. The van der Waals surface area contributed by atoms with Gasteiger partial charge in [-0.15, -0.1) is 0 Å². The summed E-state index contributed by atoms with van der Waals surface area (Å²) in [5.41, 5.74) is 13.9. The first-order chi connectivity index (χ1) is 9.11. The summed E-state index contributed by atoms with van der Waals surface area (Å²) in [5.74, 6) is 0.225. The third-order valence-corrected chi connectivity index (χ3v) is 2.92. The lowest BCUT2D eigenvalue weighted by Gasteiger charge is -2.16. The van der Waals surface area contributed by atoms with Gasteiger partial charge in [0.15, 0.2) is 0 Å². The van der Waals surface area contributed by atoms with E-state index in [0.29, 0.717) is 12.8 Å². The molecule has 0 saturated carbocycles. The maximum absolute atomic E-state index is 11.7. The Bertz CT molecular complexity index is 565. The Kier molecular flexibility index (Phi) is 3.88. The Morgan fingerprint density at radius 3 is 3.26 bits per heavy atom. The van der Waals surface area contributed by atoms with Crippen LogP contribution in [0.4, 0.5) is 5.82 Å². The average Bonchev–Trinajstić information content (AvgIpc) is 2.83. The van der Waals surface area contributed by atoms with Gasteiger partial charge >= 0.3 is 5.69 Å². The highest BCUT2D eigenvalue weighted by Crippen LogP contribution is 2.27.